The van der Waals surface area contributed by atoms with Crippen molar-refractivity contribution in [2.45, 2.75) is 11.8 Å². The standard InChI is InChI=1S/C21H19N3O4S/c1-14(16-6-2-8-17(11-16)28-12-20(26)27)23-24-19(25)13-29-18-9-3-5-15-7-4-10-22-21(15)18/h2-11H,12-13H2,1H3,(H,24,25)(H,26,27)/p-1/b23-14-. The number of amides is 1. The first kappa shape index (κ1) is 20.3. The highest BCUT2D eigenvalue weighted by Gasteiger charge is 2.07. The number of rotatable bonds is 8. The van der Waals surface area contributed by atoms with E-state index >= 15 is 0 Å². The number of hydrogen-bond acceptors (Lipinski definition) is 7. The molecule has 0 spiro atoms. The zero-order chi connectivity index (χ0) is 20.6. The van der Waals surface area contributed by atoms with Crippen LogP contribution in [0.25, 0.3) is 10.9 Å². The van der Waals surface area contributed by atoms with Crippen LogP contribution in [-0.2, 0) is 9.59 Å². The summed E-state index contributed by atoms with van der Waals surface area (Å²) >= 11 is 1.39. The Labute approximate surface area is 171 Å². The van der Waals surface area contributed by atoms with Gasteiger partial charge in [-0.15, -0.1) is 11.8 Å². The van der Waals surface area contributed by atoms with Gasteiger partial charge in [-0.1, -0.05) is 30.3 Å². The summed E-state index contributed by atoms with van der Waals surface area (Å²) in [6.45, 7) is 1.20. The Balaban J connectivity index is 1.58. The van der Waals surface area contributed by atoms with Crippen LogP contribution in [0.1, 0.15) is 12.5 Å². The number of thioether (sulfide) groups is 1. The Hall–Kier alpha value is -3.39. The van der Waals surface area contributed by atoms with Crippen molar-refractivity contribution in [3.8, 4) is 5.75 Å². The highest BCUT2D eigenvalue weighted by molar-refractivity contribution is 8.00. The number of para-hydroxylation sites is 1. The van der Waals surface area contributed by atoms with Crippen LogP contribution in [0.3, 0.4) is 0 Å². The fourth-order valence-corrected chi connectivity index (χ4v) is 3.37. The Morgan fingerprint density at radius 1 is 1.17 bits per heavy atom. The minimum absolute atomic E-state index is 0.196. The van der Waals surface area contributed by atoms with Crippen molar-refractivity contribution in [3.63, 3.8) is 0 Å². The number of ether oxygens (including phenoxy) is 1. The van der Waals surface area contributed by atoms with Crippen LogP contribution >= 0.6 is 11.8 Å². The highest BCUT2D eigenvalue weighted by atomic mass is 32.2. The van der Waals surface area contributed by atoms with Crippen LogP contribution in [0.2, 0.25) is 0 Å². The maximum absolute atomic E-state index is 12.2. The van der Waals surface area contributed by atoms with Gasteiger partial charge in [0.2, 0.25) is 5.91 Å². The van der Waals surface area contributed by atoms with E-state index in [0.717, 1.165) is 15.8 Å². The molecule has 0 bridgehead atoms. The first-order chi connectivity index (χ1) is 14.0. The third kappa shape index (κ3) is 5.79. The second-order valence-electron chi connectivity index (χ2n) is 6.04. The molecule has 1 N–H and O–H groups in total. The Morgan fingerprint density at radius 2 is 1.97 bits per heavy atom. The number of carboxylic acid groups (broad SMARTS) is 1. The number of hydrazone groups is 1. The Kier molecular flexibility index (Phi) is 6.80. The second kappa shape index (κ2) is 9.70. The number of nitrogens with one attached hydrogen (secondary N) is 1. The number of nitrogens with zero attached hydrogens (tertiary/aromatic N) is 2. The van der Waals surface area contributed by atoms with Crippen molar-refractivity contribution >= 4 is 40.3 Å². The summed E-state index contributed by atoms with van der Waals surface area (Å²) in [5.74, 6) is -0.966. The van der Waals surface area contributed by atoms with Gasteiger partial charge in [0.25, 0.3) is 0 Å². The molecule has 0 atom stereocenters. The number of pyridine rings is 1. The molecule has 0 aliphatic carbocycles. The van der Waals surface area contributed by atoms with E-state index in [2.05, 4.69) is 15.5 Å². The number of aromatic nitrogens is 1. The first-order valence-corrected chi connectivity index (χ1v) is 9.74. The van der Waals surface area contributed by atoms with Crippen LogP contribution in [0, 0.1) is 0 Å². The fourth-order valence-electron chi connectivity index (χ4n) is 2.53. The van der Waals surface area contributed by atoms with Crippen molar-refractivity contribution in [2.75, 3.05) is 12.4 Å². The fraction of sp³-hybridized carbons (Fsp3) is 0.143. The van der Waals surface area contributed by atoms with E-state index in [9.17, 15) is 14.7 Å². The van der Waals surface area contributed by atoms with E-state index in [0.29, 0.717) is 17.0 Å². The molecule has 3 aromatic rings. The molecule has 0 saturated carbocycles. The average molecular weight is 408 g/mol. The second-order valence-corrected chi connectivity index (χ2v) is 7.06. The lowest BCUT2D eigenvalue weighted by Gasteiger charge is -2.08. The zero-order valence-electron chi connectivity index (χ0n) is 15.6. The summed E-state index contributed by atoms with van der Waals surface area (Å²) in [6.07, 6.45) is 1.73. The van der Waals surface area contributed by atoms with Gasteiger partial charge < -0.3 is 14.6 Å². The van der Waals surface area contributed by atoms with Gasteiger partial charge in [-0.25, -0.2) is 5.43 Å². The number of carbonyl (C=O) groups is 2. The van der Waals surface area contributed by atoms with Gasteiger partial charge in [0.05, 0.1) is 23.0 Å². The molecule has 0 unspecified atom stereocenters. The summed E-state index contributed by atoms with van der Waals surface area (Å²) in [5.41, 5.74) is 4.66. The Bertz CT molecular complexity index is 1060. The minimum atomic E-state index is -1.30. The quantitative estimate of drug-likeness (QED) is 0.347. The summed E-state index contributed by atoms with van der Waals surface area (Å²) < 4.78 is 5.09. The molecule has 148 valence electrons. The van der Waals surface area contributed by atoms with Crippen molar-refractivity contribution in [1.82, 2.24) is 10.4 Å². The van der Waals surface area contributed by atoms with Gasteiger partial charge >= 0.3 is 0 Å². The Morgan fingerprint density at radius 3 is 2.79 bits per heavy atom. The molecule has 2 aromatic carbocycles. The number of fused-ring (bicyclic) bond motifs is 1. The molecule has 0 aliphatic rings. The van der Waals surface area contributed by atoms with Gasteiger partial charge in [-0.3, -0.25) is 9.78 Å². The van der Waals surface area contributed by atoms with Crippen molar-refractivity contribution in [1.29, 1.82) is 0 Å². The maximum Gasteiger partial charge on any atom is 0.250 e. The third-order valence-electron chi connectivity index (χ3n) is 3.91. The molecule has 1 heterocycles. The van der Waals surface area contributed by atoms with Crippen LogP contribution < -0.4 is 15.3 Å². The van der Waals surface area contributed by atoms with E-state index < -0.39 is 12.6 Å². The summed E-state index contributed by atoms with van der Waals surface area (Å²) in [4.78, 5) is 28.0. The SMILES string of the molecule is C/C(=N/NC(=O)CSc1cccc2cccnc12)c1cccc(OCC(=O)[O-])c1. The number of benzene rings is 2. The molecule has 29 heavy (non-hydrogen) atoms. The third-order valence-corrected chi connectivity index (χ3v) is 4.96. The van der Waals surface area contributed by atoms with E-state index in [-0.39, 0.29) is 11.7 Å². The van der Waals surface area contributed by atoms with Gasteiger partial charge in [0.1, 0.15) is 12.4 Å². The van der Waals surface area contributed by atoms with Crippen LogP contribution in [0.5, 0.6) is 5.75 Å². The van der Waals surface area contributed by atoms with Crippen LogP contribution in [-0.4, -0.2) is 34.9 Å². The largest absolute Gasteiger partial charge is 0.546 e. The van der Waals surface area contributed by atoms with E-state index in [1.54, 1.807) is 37.4 Å². The number of carbonyl (C=O) groups excluding carboxylic acids is 2. The molecule has 1 amide bonds. The molecule has 1 aromatic heterocycles. The van der Waals surface area contributed by atoms with Crippen molar-refractivity contribution in [3.05, 3.63) is 66.4 Å². The summed E-state index contributed by atoms with van der Waals surface area (Å²) in [5, 5.41) is 15.6. The van der Waals surface area contributed by atoms with Gasteiger partial charge in [-0.2, -0.15) is 5.10 Å². The zero-order valence-corrected chi connectivity index (χ0v) is 16.4. The lowest BCUT2D eigenvalue weighted by molar-refractivity contribution is -0.307. The molecule has 0 fully saturated rings. The molecule has 0 aliphatic heterocycles. The highest BCUT2D eigenvalue weighted by Crippen LogP contribution is 2.25. The van der Waals surface area contributed by atoms with Gasteiger partial charge in [0, 0.05) is 22.0 Å². The maximum atomic E-state index is 12.2. The number of carboxylic acids is 1. The minimum Gasteiger partial charge on any atom is -0.546 e. The predicted octanol–water partition coefficient (Wildman–Crippen LogP) is 2.00. The molecule has 7 nitrogen and oxygen atoms in total. The van der Waals surface area contributed by atoms with Crippen LogP contribution in [0.4, 0.5) is 0 Å². The normalized spacial score (nSPS) is 11.3. The van der Waals surface area contributed by atoms with E-state index in [1.165, 1.54) is 11.8 Å². The number of aliphatic carboxylic acids is 1. The van der Waals surface area contributed by atoms with Gasteiger partial charge in [-0.05, 0) is 31.2 Å². The number of hydrogen-bond donors (Lipinski definition) is 1. The van der Waals surface area contributed by atoms with Gasteiger partial charge in [0.15, 0.2) is 0 Å². The molecule has 0 saturated heterocycles. The summed E-state index contributed by atoms with van der Waals surface area (Å²) in [6, 6.07) is 16.5. The molecule has 3 rings (SSSR count). The van der Waals surface area contributed by atoms with Crippen molar-refractivity contribution in [2.24, 2.45) is 5.10 Å². The summed E-state index contributed by atoms with van der Waals surface area (Å²) in [7, 11) is 0. The monoisotopic (exact) mass is 408 g/mol. The van der Waals surface area contributed by atoms with E-state index in [1.807, 2.05) is 30.3 Å². The first-order valence-electron chi connectivity index (χ1n) is 8.75. The van der Waals surface area contributed by atoms with E-state index in [4.69, 9.17) is 4.74 Å². The van der Waals surface area contributed by atoms with Crippen molar-refractivity contribution < 1.29 is 19.4 Å². The lowest BCUT2D eigenvalue weighted by atomic mass is 10.1. The predicted molar refractivity (Wildman–Crippen MR) is 110 cm³/mol. The van der Waals surface area contributed by atoms with Crippen LogP contribution in [0.15, 0.2) is 70.8 Å². The lowest BCUT2D eigenvalue weighted by Crippen LogP contribution is -2.28. The average Bonchev–Trinajstić information content (AvgIpc) is 2.74. The molecular formula is C21H18N3O4S-. The smallest absolute Gasteiger partial charge is 0.250 e. The molecular weight excluding hydrogens is 390 g/mol. The molecule has 8 heteroatoms. The molecule has 0 radical (unpaired) electrons. The topological polar surface area (TPSA) is 104 Å².